The average molecular weight is 288 g/mol. The van der Waals surface area contributed by atoms with Crippen LogP contribution in [0.25, 0.3) is 0 Å². The number of hydrazine groups is 1. The molecular weight excluding hydrogens is 268 g/mol. The van der Waals surface area contributed by atoms with Gasteiger partial charge in [-0.3, -0.25) is 5.01 Å². The molecule has 0 radical (unpaired) electrons. The van der Waals surface area contributed by atoms with Crippen molar-refractivity contribution < 1.29 is 9.63 Å². The van der Waals surface area contributed by atoms with E-state index in [9.17, 15) is 5.11 Å². The number of hydrogen-bond donors (Lipinski definition) is 1. The van der Waals surface area contributed by atoms with Gasteiger partial charge in [-0.25, -0.2) is 5.01 Å². The molecule has 2 atom stereocenters. The third-order valence-electron chi connectivity index (χ3n) is 4.08. The van der Waals surface area contributed by atoms with Gasteiger partial charge in [0.25, 0.3) is 5.95 Å². The molecule has 21 heavy (non-hydrogen) atoms. The molecule has 6 nitrogen and oxygen atoms in total. The maximum absolute atomic E-state index is 10.3. The zero-order chi connectivity index (χ0) is 14.7. The van der Waals surface area contributed by atoms with Gasteiger partial charge in [0.1, 0.15) is 0 Å². The van der Waals surface area contributed by atoms with Crippen molar-refractivity contribution in [3.63, 3.8) is 0 Å². The maximum Gasteiger partial charge on any atom is 0.280 e. The molecule has 112 valence electrons. The van der Waals surface area contributed by atoms with Crippen LogP contribution in [0.2, 0.25) is 0 Å². The van der Waals surface area contributed by atoms with Gasteiger partial charge in [-0.1, -0.05) is 30.3 Å². The van der Waals surface area contributed by atoms with Gasteiger partial charge >= 0.3 is 0 Å². The molecule has 0 saturated carbocycles. The number of aliphatic hydroxyl groups is 1. The van der Waals surface area contributed by atoms with Crippen LogP contribution in [0.4, 0.5) is 5.95 Å². The van der Waals surface area contributed by atoms with Crippen LogP contribution in [0.5, 0.6) is 0 Å². The van der Waals surface area contributed by atoms with E-state index in [1.165, 1.54) is 12.0 Å². The summed E-state index contributed by atoms with van der Waals surface area (Å²) >= 11 is 0. The van der Waals surface area contributed by atoms with E-state index < -0.39 is 0 Å². The Kier molecular flexibility index (Phi) is 4.17. The van der Waals surface area contributed by atoms with E-state index in [0.717, 1.165) is 25.8 Å². The molecule has 1 aromatic heterocycles. The number of aryl methyl sites for hydroxylation is 1. The summed E-state index contributed by atoms with van der Waals surface area (Å²) in [7, 11) is 1.90. The van der Waals surface area contributed by atoms with Crippen molar-refractivity contribution in [2.45, 2.75) is 31.4 Å². The van der Waals surface area contributed by atoms with Gasteiger partial charge < -0.3 is 9.63 Å². The molecule has 2 unspecified atom stereocenters. The topological polar surface area (TPSA) is 65.6 Å². The van der Waals surface area contributed by atoms with Crippen LogP contribution < -0.4 is 5.01 Å². The molecule has 0 aliphatic carbocycles. The van der Waals surface area contributed by atoms with Crippen LogP contribution >= 0.6 is 0 Å². The number of hydrogen-bond acceptors (Lipinski definition) is 6. The van der Waals surface area contributed by atoms with E-state index in [-0.39, 0.29) is 12.1 Å². The predicted octanol–water partition coefficient (Wildman–Crippen LogP) is 1.49. The fourth-order valence-corrected chi connectivity index (χ4v) is 2.92. The molecule has 1 N–H and O–H groups in total. The van der Waals surface area contributed by atoms with E-state index in [1.807, 2.05) is 30.3 Å². The van der Waals surface area contributed by atoms with Gasteiger partial charge in [-0.2, -0.15) is 4.98 Å². The maximum atomic E-state index is 10.3. The van der Waals surface area contributed by atoms with Crippen molar-refractivity contribution in [2.75, 3.05) is 18.6 Å². The first-order valence-corrected chi connectivity index (χ1v) is 7.24. The summed E-state index contributed by atoms with van der Waals surface area (Å²) in [5.41, 5.74) is 1.29. The third kappa shape index (κ3) is 3.06. The quantitative estimate of drug-likeness (QED) is 0.899. The van der Waals surface area contributed by atoms with Crippen molar-refractivity contribution in [3.8, 4) is 0 Å². The van der Waals surface area contributed by atoms with Crippen molar-refractivity contribution in [1.82, 2.24) is 15.1 Å². The van der Waals surface area contributed by atoms with E-state index >= 15 is 0 Å². The lowest BCUT2D eigenvalue weighted by molar-refractivity contribution is 0.106. The van der Waals surface area contributed by atoms with Crippen molar-refractivity contribution in [3.05, 3.63) is 42.3 Å². The van der Waals surface area contributed by atoms with Gasteiger partial charge in [0.05, 0.1) is 12.1 Å². The summed E-state index contributed by atoms with van der Waals surface area (Å²) in [6.07, 6.45) is 3.61. The van der Waals surface area contributed by atoms with Crippen LogP contribution in [0.15, 0.2) is 41.2 Å². The smallest absolute Gasteiger partial charge is 0.280 e. The largest absolute Gasteiger partial charge is 0.391 e. The summed E-state index contributed by atoms with van der Waals surface area (Å²) in [4.78, 5) is 4.06. The molecule has 6 heteroatoms. The highest BCUT2D eigenvalue weighted by atomic mass is 16.5. The van der Waals surface area contributed by atoms with Crippen molar-refractivity contribution in [1.29, 1.82) is 0 Å². The Morgan fingerprint density at radius 1 is 1.38 bits per heavy atom. The Labute approximate surface area is 124 Å². The molecule has 2 aromatic rings. The fraction of sp³-hybridized carbons (Fsp3) is 0.467. The highest BCUT2D eigenvalue weighted by Crippen LogP contribution is 2.25. The van der Waals surface area contributed by atoms with Crippen molar-refractivity contribution >= 4 is 5.95 Å². The Morgan fingerprint density at radius 2 is 2.19 bits per heavy atom. The Balaban J connectivity index is 1.66. The minimum atomic E-state index is -0.317. The minimum absolute atomic E-state index is 0.0775. The summed E-state index contributed by atoms with van der Waals surface area (Å²) in [6, 6.07) is 10.4. The Hall–Kier alpha value is -1.92. The zero-order valence-corrected chi connectivity index (χ0v) is 12.1. The first kappa shape index (κ1) is 14.0. The first-order chi connectivity index (χ1) is 10.3. The SMILES string of the molecule is CN(c1ncon1)N1CCC(O)C1CCc1ccccc1. The minimum Gasteiger partial charge on any atom is -0.391 e. The molecule has 1 fully saturated rings. The van der Waals surface area contributed by atoms with Crippen LogP contribution in [0, 0.1) is 0 Å². The second-order valence-electron chi connectivity index (χ2n) is 5.37. The number of rotatable bonds is 5. The van der Waals surface area contributed by atoms with Crippen LogP contribution in [0.1, 0.15) is 18.4 Å². The monoisotopic (exact) mass is 288 g/mol. The lowest BCUT2D eigenvalue weighted by Crippen LogP contribution is -2.46. The summed E-state index contributed by atoms with van der Waals surface area (Å²) in [5.74, 6) is 0.522. The highest BCUT2D eigenvalue weighted by Gasteiger charge is 2.35. The molecule has 0 amide bonds. The molecule has 1 aromatic carbocycles. The highest BCUT2D eigenvalue weighted by molar-refractivity contribution is 5.23. The summed E-state index contributed by atoms with van der Waals surface area (Å²) < 4.78 is 4.79. The van der Waals surface area contributed by atoms with E-state index in [0.29, 0.717) is 5.95 Å². The van der Waals surface area contributed by atoms with Gasteiger partial charge in [0.2, 0.25) is 6.39 Å². The third-order valence-corrected chi connectivity index (χ3v) is 4.08. The molecule has 1 aliphatic heterocycles. The second kappa shape index (κ2) is 6.24. The van der Waals surface area contributed by atoms with Gasteiger partial charge in [-0.05, 0) is 30.0 Å². The Bertz CT molecular complexity index is 546. The summed E-state index contributed by atoms with van der Waals surface area (Å²) in [6.45, 7) is 0.797. The van der Waals surface area contributed by atoms with E-state index in [4.69, 9.17) is 4.52 Å². The van der Waals surface area contributed by atoms with Crippen LogP contribution in [0.3, 0.4) is 0 Å². The molecule has 1 aliphatic rings. The van der Waals surface area contributed by atoms with Crippen LogP contribution in [-0.2, 0) is 6.42 Å². The number of nitrogens with zero attached hydrogens (tertiary/aromatic N) is 4. The standard InChI is InChI=1S/C15H20N4O2/c1-18(15-16-11-21-17-15)19-10-9-14(20)13(19)8-7-12-5-3-2-4-6-12/h2-6,11,13-14,20H,7-10H2,1H3. The first-order valence-electron chi connectivity index (χ1n) is 7.24. The van der Waals surface area contributed by atoms with E-state index in [2.05, 4.69) is 27.3 Å². The lowest BCUT2D eigenvalue weighted by Gasteiger charge is -2.33. The zero-order valence-electron chi connectivity index (χ0n) is 12.1. The average Bonchev–Trinajstić information content (AvgIpc) is 3.15. The number of benzene rings is 1. The fourth-order valence-electron chi connectivity index (χ4n) is 2.92. The predicted molar refractivity (Wildman–Crippen MR) is 78.6 cm³/mol. The summed E-state index contributed by atoms with van der Waals surface area (Å²) in [5, 5.41) is 18.1. The molecular formula is C15H20N4O2. The van der Waals surface area contributed by atoms with Gasteiger partial charge in [-0.15, -0.1) is 0 Å². The molecule has 0 spiro atoms. The number of aliphatic hydroxyl groups excluding tert-OH is 1. The Morgan fingerprint density at radius 3 is 2.90 bits per heavy atom. The van der Waals surface area contributed by atoms with Gasteiger partial charge in [0.15, 0.2) is 0 Å². The van der Waals surface area contributed by atoms with Gasteiger partial charge in [0, 0.05) is 13.6 Å². The molecule has 3 rings (SSSR count). The molecule has 1 saturated heterocycles. The second-order valence-corrected chi connectivity index (χ2v) is 5.37. The van der Waals surface area contributed by atoms with Crippen LogP contribution in [-0.4, -0.2) is 46.0 Å². The van der Waals surface area contributed by atoms with Crippen molar-refractivity contribution in [2.24, 2.45) is 0 Å². The lowest BCUT2D eigenvalue weighted by atomic mass is 10.0. The molecule has 0 bridgehead atoms. The molecule has 2 heterocycles. The normalized spacial score (nSPS) is 22.6. The number of anilines is 1. The van der Waals surface area contributed by atoms with E-state index in [1.54, 1.807) is 0 Å². The number of aromatic nitrogens is 2.